The molecule has 28 heavy (non-hydrogen) atoms. The lowest BCUT2D eigenvalue weighted by atomic mass is 9.95. The Morgan fingerprint density at radius 2 is 1.61 bits per heavy atom. The summed E-state index contributed by atoms with van der Waals surface area (Å²) in [6.45, 7) is 4.98. The molecule has 1 fully saturated rings. The minimum Gasteiger partial charge on any atom is -0.367 e. The van der Waals surface area contributed by atoms with Crippen LogP contribution in [0.25, 0.3) is 0 Å². The molecular weight excluding hydrogens is 417 g/mol. The maximum absolute atomic E-state index is 11.7. The van der Waals surface area contributed by atoms with E-state index in [9.17, 15) is 4.79 Å². The van der Waals surface area contributed by atoms with Gasteiger partial charge in [-0.3, -0.25) is 4.79 Å². The number of carbonyl (C=O) groups excluding carboxylic acids is 1. The van der Waals surface area contributed by atoms with Crippen LogP contribution in [0, 0.1) is 5.92 Å². The molecule has 0 spiro atoms. The number of rotatable bonds is 7. The van der Waals surface area contributed by atoms with Crippen molar-refractivity contribution in [2.24, 2.45) is 5.92 Å². The fourth-order valence-electron chi connectivity index (χ4n) is 3.55. The second-order valence-corrected chi connectivity index (χ2v) is 7.98. The fraction of sp³-hybridized carbons (Fsp3) is 0.409. The van der Waals surface area contributed by atoms with Crippen molar-refractivity contribution in [3.8, 4) is 0 Å². The predicted octanol–water partition coefficient (Wildman–Crippen LogP) is 5.82. The molecule has 1 aliphatic heterocycles. The molecule has 0 bridgehead atoms. The van der Waals surface area contributed by atoms with E-state index in [4.69, 9.17) is 27.9 Å². The summed E-state index contributed by atoms with van der Waals surface area (Å²) >= 11 is 12.1. The molecule has 1 unspecified atom stereocenters. The Balaban J connectivity index is 0.00000280. The number of hydrogen-bond acceptors (Lipinski definition) is 3. The number of hydrogen-bond donors (Lipinski definition) is 0. The number of halogens is 3. The maximum Gasteiger partial charge on any atom is 0.134 e. The average molecular weight is 443 g/mol. The van der Waals surface area contributed by atoms with Crippen molar-refractivity contribution in [3.05, 3.63) is 69.7 Å². The summed E-state index contributed by atoms with van der Waals surface area (Å²) in [6, 6.07) is 15.5. The van der Waals surface area contributed by atoms with Crippen molar-refractivity contribution in [2.45, 2.75) is 25.9 Å². The highest BCUT2D eigenvalue weighted by molar-refractivity contribution is 6.30. The molecule has 0 aliphatic carbocycles. The van der Waals surface area contributed by atoms with Crippen LogP contribution >= 0.6 is 35.6 Å². The van der Waals surface area contributed by atoms with Crippen LogP contribution < -0.4 is 0 Å². The first-order valence-electron chi connectivity index (χ1n) is 9.38. The molecular formula is C22H26Cl3NO2. The van der Waals surface area contributed by atoms with Crippen LogP contribution in [0.1, 0.15) is 37.0 Å². The molecule has 3 rings (SSSR count). The summed E-state index contributed by atoms with van der Waals surface area (Å²) in [4.78, 5) is 14.0. The van der Waals surface area contributed by atoms with Crippen molar-refractivity contribution in [1.29, 1.82) is 0 Å². The average Bonchev–Trinajstić information content (AvgIpc) is 2.67. The zero-order chi connectivity index (χ0) is 19.2. The number of ketones is 1. The molecule has 1 saturated heterocycles. The highest BCUT2D eigenvalue weighted by Crippen LogP contribution is 2.28. The number of ether oxygens (including phenoxy) is 1. The first kappa shape index (κ1) is 23.2. The summed E-state index contributed by atoms with van der Waals surface area (Å²) in [5, 5.41) is 1.41. The van der Waals surface area contributed by atoms with Gasteiger partial charge in [0.1, 0.15) is 11.9 Å². The first-order valence-corrected chi connectivity index (χ1v) is 10.1. The minimum absolute atomic E-state index is 0. The van der Waals surface area contributed by atoms with E-state index in [0.717, 1.165) is 43.6 Å². The summed E-state index contributed by atoms with van der Waals surface area (Å²) in [7, 11) is 0. The van der Waals surface area contributed by atoms with E-state index in [-0.39, 0.29) is 24.4 Å². The topological polar surface area (TPSA) is 29.5 Å². The van der Waals surface area contributed by atoms with E-state index < -0.39 is 0 Å². The first-order chi connectivity index (χ1) is 13.0. The van der Waals surface area contributed by atoms with Crippen molar-refractivity contribution >= 4 is 41.4 Å². The zero-order valence-electron chi connectivity index (χ0n) is 15.9. The lowest BCUT2D eigenvalue weighted by Gasteiger charge is -2.31. The normalized spacial score (nSPS) is 17.4. The maximum atomic E-state index is 11.7. The SMILES string of the molecule is CC(=O)C1CCCN(CCOC(c2ccc(Cl)cc2)c2ccc(Cl)cc2)C1.Cl. The lowest BCUT2D eigenvalue weighted by Crippen LogP contribution is -2.39. The van der Waals surface area contributed by atoms with E-state index in [1.807, 2.05) is 48.5 Å². The van der Waals surface area contributed by atoms with Crippen molar-refractivity contribution in [2.75, 3.05) is 26.2 Å². The Bertz CT molecular complexity index is 704. The standard InChI is InChI=1S/C22H25Cl2NO2.ClH/c1-16(26)19-3-2-12-25(15-19)13-14-27-22(17-4-8-20(23)9-5-17)18-6-10-21(24)11-7-18;/h4-11,19,22H,2-3,12-15H2,1H3;1H. The third kappa shape index (κ3) is 6.47. The number of carbonyl (C=O) groups is 1. The molecule has 2 aromatic carbocycles. The van der Waals surface area contributed by atoms with Gasteiger partial charge in [-0.25, -0.2) is 0 Å². The Hall–Kier alpha value is -1.10. The van der Waals surface area contributed by atoms with E-state index in [0.29, 0.717) is 22.4 Å². The van der Waals surface area contributed by atoms with Crippen LogP contribution in [-0.4, -0.2) is 36.9 Å². The second-order valence-electron chi connectivity index (χ2n) is 7.10. The quantitative estimate of drug-likeness (QED) is 0.541. The van der Waals surface area contributed by atoms with Crippen LogP contribution in [-0.2, 0) is 9.53 Å². The number of likely N-dealkylation sites (tertiary alicyclic amines) is 1. The number of piperidine rings is 1. The summed E-state index contributed by atoms with van der Waals surface area (Å²) < 4.78 is 6.28. The molecule has 0 N–H and O–H groups in total. The zero-order valence-corrected chi connectivity index (χ0v) is 18.3. The van der Waals surface area contributed by atoms with Crippen LogP contribution in [0.15, 0.2) is 48.5 Å². The van der Waals surface area contributed by atoms with E-state index in [2.05, 4.69) is 4.90 Å². The van der Waals surface area contributed by atoms with Crippen molar-refractivity contribution < 1.29 is 9.53 Å². The van der Waals surface area contributed by atoms with E-state index in [1.165, 1.54) is 0 Å². The van der Waals surface area contributed by atoms with Gasteiger partial charge in [-0.2, -0.15) is 0 Å². The lowest BCUT2D eigenvalue weighted by molar-refractivity contribution is -0.122. The molecule has 1 atom stereocenters. The van der Waals surface area contributed by atoms with Gasteiger partial charge < -0.3 is 9.64 Å². The van der Waals surface area contributed by atoms with Crippen molar-refractivity contribution in [3.63, 3.8) is 0 Å². The van der Waals surface area contributed by atoms with Crippen molar-refractivity contribution in [1.82, 2.24) is 4.90 Å². The van der Waals surface area contributed by atoms with Crippen LogP contribution in [0.2, 0.25) is 10.0 Å². The van der Waals surface area contributed by atoms with Gasteiger partial charge in [-0.1, -0.05) is 47.5 Å². The Labute approximate surface area is 183 Å². The van der Waals surface area contributed by atoms with Crippen LogP contribution in [0.4, 0.5) is 0 Å². The number of benzene rings is 2. The molecule has 3 nitrogen and oxygen atoms in total. The molecule has 2 aromatic rings. The fourth-order valence-corrected chi connectivity index (χ4v) is 3.80. The Morgan fingerprint density at radius 3 is 2.11 bits per heavy atom. The molecule has 1 aliphatic rings. The van der Waals surface area contributed by atoms with Crippen LogP contribution in [0.5, 0.6) is 0 Å². The smallest absolute Gasteiger partial charge is 0.134 e. The molecule has 152 valence electrons. The van der Waals surface area contributed by atoms with Gasteiger partial charge in [-0.05, 0) is 61.7 Å². The molecule has 0 amide bonds. The Kier molecular flexibility index (Phi) is 9.26. The summed E-state index contributed by atoms with van der Waals surface area (Å²) in [5.41, 5.74) is 2.11. The number of Topliss-reactive ketones (excluding diaryl/α,β-unsaturated/α-hetero) is 1. The van der Waals surface area contributed by atoms with E-state index in [1.54, 1.807) is 6.92 Å². The predicted molar refractivity (Wildman–Crippen MR) is 118 cm³/mol. The molecule has 6 heteroatoms. The van der Waals surface area contributed by atoms with Gasteiger partial charge in [0.15, 0.2) is 0 Å². The molecule has 0 saturated carbocycles. The molecule has 0 aromatic heterocycles. The molecule has 0 radical (unpaired) electrons. The van der Waals surface area contributed by atoms with Gasteiger partial charge in [0, 0.05) is 29.1 Å². The minimum atomic E-state index is -0.173. The highest BCUT2D eigenvalue weighted by atomic mass is 35.5. The monoisotopic (exact) mass is 441 g/mol. The van der Waals surface area contributed by atoms with Gasteiger partial charge in [0.25, 0.3) is 0 Å². The summed E-state index contributed by atoms with van der Waals surface area (Å²) in [5.74, 6) is 0.461. The van der Waals surface area contributed by atoms with Gasteiger partial charge in [-0.15, -0.1) is 12.4 Å². The third-order valence-corrected chi connectivity index (χ3v) is 5.62. The summed E-state index contributed by atoms with van der Waals surface area (Å²) in [6.07, 6.45) is 1.90. The highest BCUT2D eigenvalue weighted by Gasteiger charge is 2.23. The second kappa shape index (κ2) is 11.2. The molecule has 1 heterocycles. The van der Waals surface area contributed by atoms with Gasteiger partial charge in [0.05, 0.1) is 6.61 Å². The van der Waals surface area contributed by atoms with E-state index >= 15 is 0 Å². The van der Waals surface area contributed by atoms with Gasteiger partial charge >= 0.3 is 0 Å². The Morgan fingerprint density at radius 1 is 1.07 bits per heavy atom. The van der Waals surface area contributed by atoms with Gasteiger partial charge in [0.2, 0.25) is 0 Å². The van der Waals surface area contributed by atoms with Crippen LogP contribution in [0.3, 0.4) is 0 Å². The largest absolute Gasteiger partial charge is 0.367 e. The third-order valence-electron chi connectivity index (χ3n) is 5.12. The number of nitrogens with zero attached hydrogens (tertiary/aromatic N) is 1.